The van der Waals surface area contributed by atoms with E-state index in [1.165, 1.54) is 6.07 Å². The summed E-state index contributed by atoms with van der Waals surface area (Å²) in [6.45, 7) is 4.50. The summed E-state index contributed by atoms with van der Waals surface area (Å²) in [5.74, 6) is -0.170. The zero-order valence-corrected chi connectivity index (χ0v) is 11.6. The number of piperidine rings is 1. The van der Waals surface area contributed by atoms with Gasteiger partial charge in [-0.3, -0.25) is 4.90 Å². The molecular weight excluding hydrogens is 243 g/mol. The Bertz CT molecular complexity index is 380. The highest BCUT2D eigenvalue weighted by atomic mass is 19.1. The summed E-state index contributed by atoms with van der Waals surface area (Å²) in [4.78, 5) is 2.16. The highest BCUT2D eigenvalue weighted by Gasteiger charge is 2.13. The molecule has 4 heteroatoms. The zero-order chi connectivity index (χ0) is 13.5. The number of likely N-dealkylation sites (N-methyl/N-ethyl adjacent to an activating group) is 1. The van der Waals surface area contributed by atoms with Gasteiger partial charge >= 0.3 is 0 Å². The molecule has 0 aliphatic carbocycles. The average molecular weight is 266 g/mol. The third-order valence-electron chi connectivity index (χ3n) is 3.45. The molecule has 2 rings (SSSR count). The van der Waals surface area contributed by atoms with Crippen molar-refractivity contribution in [3.05, 3.63) is 35.6 Å². The van der Waals surface area contributed by atoms with Crippen LogP contribution in [0, 0.1) is 5.82 Å². The molecule has 1 fully saturated rings. The van der Waals surface area contributed by atoms with Crippen molar-refractivity contribution in [2.24, 2.45) is 0 Å². The summed E-state index contributed by atoms with van der Waals surface area (Å²) in [5, 5.41) is 3.33. The van der Waals surface area contributed by atoms with E-state index in [2.05, 4.69) is 10.2 Å². The molecule has 0 amide bonds. The molecule has 1 heterocycles. The molecule has 19 heavy (non-hydrogen) atoms. The van der Waals surface area contributed by atoms with Crippen LogP contribution in [0.2, 0.25) is 0 Å². The molecule has 0 aromatic heterocycles. The monoisotopic (exact) mass is 266 g/mol. The number of hydrogen-bond donors (Lipinski definition) is 1. The minimum Gasteiger partial charge on any atom is -0.377 e. The first kappa shape index (κ1) is 14.4. The molecule has 0 atom stereocenters. The van der Waals surface area contributed by atoms with E-state index in [4.69, 9.17) is 4.74 Å². The fourth-order valence-electron chi connectivity index (χ4n) is 2.36. The van der Waals surface area contributed by atoms with Crippen molar-refractivity contribution in [1.82, 2.24) is 10.2 Å². The van der Waals surface area contributed by atoms with Gasteiger partial charge in [-0.15, -0.1) is 0 Å². The van der Waals surface area contributed by atoms with Crippen LogP contribution in [0.5, 0.6) is 0 Å². The van der Waals surface area contributed by atoms with E-state index in [0.29, 0.717) is 6.10 Å². The van der Waals surface area contributed by atoms with Gasteiger partial charge in [0.2, 0.25) is 0 Å². The zero-order valence-electron chi connectivity index (χ0n) is 11.6. The third-order valence-corrected chi connectivity index (χ3v) is 3.45. The van der Waals surface area contributed by atoms with Gasteiger partial charge in [-0.25, -0.2) is 4.39 Å². The van der Waals surface area contributed by atoms with Gasteiger partial charge in [0.05, 0.1) is 12.7 Å². The topological polar surface area (TPSA) is 24.5 Å². The smallest absolute Gasteiger partial charge is 0.123 e. The summed E-state index contributed by atoms with van der Waals surface area (Å²) in [5.41, 5.74) is 1.00. The van der Waals surface area contributed by atoms with Crippen LogP contribution in [-0.4, -0.2) is 44.3 Å². The maximum Gasteiger partial charge on any atom is 0.123 e. The van der Waals surface area contributed by atoms with E-state index in [0.717, 1.165) is 51.2 Å². The Balaban J connectivity index is 1.65. The molecule has 1 aromatic carbocycles. The Morgan fingerprint density at radius 2 is 2.16 bits per heavy atom. The SMILES string of the molecule is CN(CCOC1CCNCC1)Cc1cccc(F)c1. The predicted octanol–water partition coefficient (Wildman–Crippen LogP) is 2.03. The molecule has 1 aromatic rings. The van der Waals surface area contributed by atoms with Gasteiger partial charge in [0, 0.05) is 13.1 Å². The summed E-state index contributed by atoms with van der Waals surface area (Å²) in [6, 6.07) is 6.77. The molecule has 0 saturated carbocycles. The maximum absolute atomic E-state index is 13.1. The Morgan fingerprint density at radius 3 is 2.89 bits per heavy atom. The van der Waals surface area contributed by atoms with Gasteiger partial charge in [0.15, 0.2) is 0 Å². The number of benzene rings is 1. The van der Waals surface area contributed by atoms with Crippen molar-refractivity contribution in [2.45, 2.75) is 25.5 Å². The van der Waals surface area contributed by atoms with Crippen LogP contribution >= 0.6 is 0 Å². The first-order chi connectivity index (χ1) is 9.24. The Labute approximate surface area is 114 Å². The lowest BCUT2D eigenvalue weighted by molar-refractivity contribution is 0.0224. The molecule has 1 aliphatic heterocycles. The van der Waals surface area contributed by atoms with Crippen LogP contribution in [0.4, 0.5) is 4.39 Å². The van der Waals surface area contributed by atoms with E-state index in [9.17, 15) is 4.39 Å². The standard InChI is InChI=1S/C15H23FN2O/c1-18(12-13-3-2-4-14(16)11-13)9-10-19-15-5-7-17-8-6-15/h2-4,11,15,17H,5-10,12H2,1H3. The van der Waals surface area contributed by atoms with Crippen molar-refractivity contribution >= 4 is 0 Å². The van der Waals surface area contributed by atoms with Crippen molar-refractivity contribution in [2.75, 3.05) is 33.3 Å². The van der Waals surface area contributed by atoms with Gasteiger partial charge in [-0.05, 0) is 50.7 Å². The first-order valence-corrected chi connectivity index (χ1v) is 6.99. The van der Waals surface area contributed by atoms with Crippen molar-refractivity contribution < 1.29 is 9.13 Å². The number of nitrogens with zero attached hydrogens (tertiary/aromatic N) is 1. The Morgan fingerprint density at radius 1 is 1.37 bits per heavy atom. The maximum atomic E-state index is 13.1. The molecule has 1 N–H and O–H groups in total. The van der Waals surface area contributed by atoms with Crippen LogP contribution in [0.25, 0.3) is 0 Å². The first-order valence-electron chi connectivity index (χ1n) is 6.99. The largest absolute Gasteiger partial charge is 0.377 e. The lowest BCUT2D eigenvalue weighted by Gasteiger charge is -2.24. The fourth-order valence-corrected chi connectivity index (χ4v) is 2.36. The van der Waals surface area contributed by atoms with Gasteiger partial charge in [-0.1, -0.05) is 12.1 Å². The molecule has 0 unspecified atom stereocenters. The lowest BCUT2D eigenvalue weighted by Crippen LogP contribution is -2.34. The van der Waals surface area contributed by atoms with Crippen LogP contribution in [-0.2, 0) is 11.3 Å². The van der Waals surface area contributed by atoms with Crippen LogP contribution < -0.4 is 5.32 Å². The molecule has 3 nitrogen and oxygen atoms in total. The summed E-state index contributed by atoms with van der Waals surface area (Å²) >= 11 is 0. The van der Waals surface area contributed by atoms with E-state index >= 15 is 0 Å². The van der Waals surface area contributed by atoms with E-state index in [-0.39, 0.29) is 5.82 Å². The Hall–Kier alpha value is -0.970. The van der Waals surface area contributed by atoms with Crippen molar-refractivity contribution in [1.29, 1.82) is 0 Å². The average Bonchev–Trinajstić information content (AvgIpc) is 2.40. The molecular formula is C15H23FN2O. The quantitative estimate of drug-likeness (QED) is 0.852. The molecule has 0 spiro atoms. The molecule has 0 radical (unpaired) electrons. The fraction of sp³-hybridized carbons (Fsp3) is 0.600. The number of hydrogen-bond acceptors (Lipinski definition) is 3. The molecule has 1 saturated heterocycles. The second-order valence-corrected chi connectivity index (χ2v) is 5.19. The molecule has 1 aliphatic rings. The summed E-state index contributed by atoms with van der Waals surface area (Å²) < 4.78 is 18.9. The van der Waals surface area contributed by atoms with Gasteiger partial charge < -0.3 is 10.1 Å². The number of nitrogens with one attached hydrogen (secondary N) is 1. The summed E-state index contributed by atoms with van der Waals surface area (Å²) in [6.07, 6.45) is 2.62. The predicted molar refractivity (Wildman–Crippen MR) is 74.6 cm³/mol. The van der Waals surface area contributed by atoms with Crippen LogP contribution in [0.15, 0.2) is 24.3 Å². The van der Waals surface area contributed by atoms with Gasteiger partial charge in [-0.2, -0.15) is 0 Å². The second-order valence-electron chi connectivity index (χ2n) is 5.19. The normalized spacial score (nSPS) is 17.0. The second kappa shape index (κ2) is 7.58. The van der Waals surface area contributed by atoms with Gasteiger partial charge in [0.1, 0.15) is 5.82 Å². The Kier molecular flexibility index (Phi) is 5.76. The molecule has 106 valence electrons. The van der Waals surface area contributed by atoms with E-state index in [1.807, 2.05) is 13.1 Å². The lowest BCUT2D eigenvalue weighted by atomic mass is 10.1. The van der Waals surface area contributed by atoms with Crippen LogP contribution in [0.1, 0.15) is 18.4 Å². The third kappa shape index (κ3) is 5.27. The summed E-state index contributed by atoms with van der Waals surface area (Å²) in [7, 11) is 2.04. The van der Waals surface area contributed by atoms with E-state index < -0.39 is 0 Å². The number of halogens is 1. The van der Waals surface area contributed by atoms with Crippen molar-refractivity contribution in [3.63, 3.8) is 0 Å². The van der Waals surface area contributed by atoms with Crippen LogP contribution in [0.3, 0.4) is 0 Å². The number of rotatable bonds is 6. The highest BCUT2D eigenvalue weighted by Crippen LogP contribution is 2.08. The minimum atomic E-state index is -0.170. The molecule has 0 bridgehead atoms. The van der Waals surface area contributed by atoms with Gasteiger partial charge in [0.25, 0.3) is 0 Å². The minimum absolute atomic E-state index is 0.170. The van der Waals surface area contributed by atoms with E-state index in [1.54, 1.807) is 12.1 Å². The highest BCUT2D eigenvalue weighted by molar-refractivity contribution is 5.15. The van der Waals surface area contributed by atoms with Crippen molar-refractivity contribution in [3.8, 4) is 0 Å². The number of ether oxygens (including phenoxy) is 1.